The normalized spacial score (nSPS) is 12.0. The van der Waals surface area contributed by atoms with Crippen LogP contribution in [-0.2, 0) is 4.74 Å². The second kappa shape index (κ2) is 8.06. The van der Waals surface area contributed by atoms with Crippen molar-refractivity contribution < 1.29 is 13.9 Å². The Morgan fingerprint density at radius 1 is 1.48 bits per heavy atom. The van der Waals surface area contributed by atoms with Crippen molar-refractivity contribution in [3.63, 3.8) is 0 Å². The molecule has 6 heteroatoms. The Morgan fingerprint density at radius 3 is 2.87 bits per heavy atom. The summed E-state index contributed by atoms with van der Waals surface area (Å²) in [5.74, 6) is -0.350. The number of aromatic nitrogens is 1. The molecular weight excluding hydrogens is 315 g/mol. The number of halogens is 1. The van der Waals surface area contributed by atoms with E-state index in [0.717, 1.165) is 29.0 Å². The zero-order chi connectivity index (χ0) is 16.8. The minimum absolute atomic E-state index is 0.350. The van der Waals surface area contributed by atoms with E-state index in [0.29, 0.717) is 12.2 Å². The summed E-state index contributed by atoms with van der Waals surface area (Å²) < 4.78 is 19.4. The van der Waals surface area contributed by atoms with Gasteiger partial charge < -0.3 is 10.1 Å². The minimum atomic E-state index is -0.521. The molecule has 0 aliphatic carbocycles. The summed E-state index contributed by atoms with van der Waals surface area (Å²) in [5.41, 5.74) is 3.85. The number of nitrogens with zero attached hydrogens (tertiary/aromatic N) is 1. The lowest BCUT2D eigenvalue weighted by Crippen LogP contribution is -2.28. The van der Waals surface area contributed by atoms with Crippen LogP contribution in [0.15, 0.2) is 23.7 Å². The fraction of sp³-hybridized carbons (Fsp3) is 0.412. The Labute approximate surface area is 139 Å². The molecule has 0 bridgehead atoms. The number of hydrogen-bond donors (Lipinski definition) is 1. The van der Waals surface area contributed by atoms with Gasteiger partial charge in [-0.1, -0.05) is 25.5 Å². The highest BCUT2D eigenvalue weighted by atomic mass is 32.1. The summed E-state index contributed by atoms with van der Waals surface area (Å²) in [6.07, 6.45) is 1.25. The molecule has 0 aliphatic rings. The standard InChI is InChI=1S/C17H21FN2O2S/c1-4-5-8-22-17(21)20-11(2)14-7-6-13(9-15(14)18)16-12(3)19-10-23-16/h6-7,9-11H,4-5,8H2,1-3H3,(H,20,21)/t11-/m0/s1. The summed E-state index contributed by atoms with van der Waals surface area (Å²) in [6.45, 7) is 6.03. The lowest BCUT2D eigenvalue weighted by molar-refractivity contribution is 0.141. The average molecular weight is 336 g/mol. The molecule has 124 valence electrons. The van der Waals surface area contributed by atoms with Crippen LogP contribution in [0.5, 0.6) is 0 Å². The fourth-order valence-electron chi connectivity index (χ4n) is 2.20. The van der Waals surface area contributed by atoms with E-state index in [1.54, 1.807) is 18.5 Å². The molecule has 0 saturated carbocycles. The number of benzene rings is 1. The van der Waals surface area contributed by atoms with Gasteiger partial charge in [0, 0.05) is 5.56 Å². The average Bonchev–Trinajstić information content (AvgIpc) is 2.93. The second-order valence-electron chi connectivity index (χ2n) is 5.36. The van der Waals surface area contributed by atoms with Crippen LogP contribution >= 0.6 is 11.3 Å². The van der Waals surface area contributed by atoms with Gasteiger partial charge in [-0.3, -0.25) is 0 Å². The van der Waals surface area contributed by atoms with Gasteiger partial charge >= 0.3 is 6.09 Å². The third-order valence-corrected chi connectivity index (χ3v) is 4.52. The highest BCUT2D eigenvalue weighted by molar-refractivity contribution is 7.13. The Hall–Kier alpha value is -1.95. The van der Waals surface area contributed by atoms with Crippen LogP contribution in [0.1, 0.15) is 44.0 Å². The van der Waals surface area contributed by atoms with Crippen LogP contribution in [0.3, 0.4) is 0 Å². The molecule has 1 heterocycles. The second-order valence-corrected chi connectivity index (χ2v) is 6.21. The van der Waals surface area contributed by atoms with Gasteiger partial charge in [-0.25, -0.2) is 14.2 Å². The number of ether oxygens (including phenoxy) is 1. The largest absolute Gasteiger partial charge is 0.450 e. The van der Waals surface area contributed by atoms with Crippen molar-refractivity contribution in [1.29, 1.82) is 0 Å². The van der Waals surface area contributed by atoms with Crippen molar-refractivity contribution in [2.45, 2.75) is 39.7 Å². The molecule has 0 aliphatic heterocycles. The molecule has 4 nitrogen and oxygen atoms in total. The Morgan fingerprint density at radius 2 is 2.26 bits per heavy atom. The van der Waals surface area contributed by atoms with Crippen LogP contribution in [0.25, 0.3) is 10.4 Å². The van der Waals surface area contributed by atoms with Crippen LogP contribution in [0, 0.1) is 12.7 Å². The molecule has 2 aromatic rings. The Bertz CT molecular complexity index is 672. The Kier molecular flexibility index (Phi) is 6.10. The van der Waals surface area contributed by atoms with Gasteiger partial charge in [-0.05, 0) is 31.9 Å². The first-order valence-electron chi connectivity index (χ1n) is 7.66. The van der Waals surface area contributed by atoms with Crippen molar-refractivity contribution in [1.82, 2.24) is 10.3 Å². The molecule has 0 unspecified atom stereocenters. The van der Waals surface area contributed by atoms with Crippen LogP contribution in [-0.4, -0.2) is 17.7 Å². The predicted molar refractivity (Wildman–Crippen MR) is 90.1 cm³/mol. The van der Waals surface area contributed by atoms with E-state index in [4.69, 9.17) is 4.74 Å². The predicted octanol–water partition coefficient (Wildman–Crippen LogP) is 4.84. The number of rotatable bonds is 6. The highest BCUT2D eigenvalue weighted by Crippen LogP contribution is 2.29. The zero-order valence-corrected chi connectivity index (χ0v) is 14.4. The van der Waals surface area contributed by atoms with Gasteiger partial charge in [0.2, 0.25) is 0 Å². The third kappa shape index (κ3) is 4.51. The number of amides is 1. The molecule has 0 fully saturated rings. The molecular formula is C17H21FN2O2S. The lowest BCUT2D eigenvalue weighted by Gasteiger charge is -2.15. The van der Waals surface area contributed by atoms with Gasteiger partial charge in [0.05, 0.1) is 28.7 Å². The van der Waals surface area contributed by atoms with Gasteiger partial charge in [-0.2, -0.15) is 0 Å². The van der Waals surface area contributed by atoms with E-state index in [1.165, 1.54) is 17.4 Å². The SMILES string of the molecule is CCCCOC(=O)N[C@@H](C)c1ccc(-c2scnc2C)cc1F. The molecule has 0 radical (unpaired) electrons. The highest BCUT2D eigenvalue weighted by Gasteiger charge is 2.16. The molecule has 0 saturated heterocycles. The first-order chi connectivity index (χ1) is 11.0. The van der Waals surface area contributed by atoms with Crippen LogP contribution in [0.2, 0.25) is 0 Å². The molecule has 1 aromatic carbocycles. The monoisotopic (exact) mass is 336 g/mol. The maximum absolute atomic E-state index is 14.4. The summed E-state index contributed by atoms with van der Waals surface area (Å²) in [6, 6.07) is 4.57. The number of carbonyl (C=O) groups is 1. The van der Waals surface area contributed by atoms with Gasteiger partial charge in [0.1, 0.15) is 5.82 Å². The van der Waals surface area contributed by atoms with Crippen LogP contribution < -0.4 is 5.32 Å². The molecule has 1 atom stereocenters. The summed E-state index contributed by atoms with van der Waals surface area (Å²) in [7, 11) is 0. The minimum Gasteiger partial charge on any atom is -0.450 e. The molecule has 2 rings (SSSR count). The first kappa shape index (κ1) is 17.4. The van der Waals surface area contributed by atoms with E-state index >= 15 is 0 Å². The van der Waals surface area contributed by atoms with E-state index in [-0.39, 0.29) is 5.82 Å². The smallest absolute Gasteiger partial charge is 0.407 e. The first-order valence-corrected chi connectivity index (χ1v) is 8.54. The van der Waals surface area contributed by atoms with E-state index in [9.17, 15) is 9.18 Å². The lowest BCUT2D eigenvalue weighted by atomic mass is 10.0. The number of aryl methyl sites for hydroxylation is 1. The zero-order valence-electron chi connectivity index (χ0n) is 13.6. The van der Waals surface area contributed by atoms with E-state index in [2.05, 4.69) is 10.3 Å². The molecule has 1 amide bonds. The number of hydrogen-bond acceptors (Lipinski definition) is 4. The van der Waals surface area contributed by atoms with Crippen molar-refractivity contribution >= 4 is 17.4 Å². The maximum Gasteiger partial charge on any atom is 0.407 e. The van der Waals surface area contributed by atoms with Crippen LogP contribution in [0.4, 0.5) is 9.18 Å². The number of carbonyl (C=O) groups excluding carboxylic acids is 1. The van der Waals surface area contributed by atoms with Crippen molar-refractivity contribution in [3.05, 3.63) is 40.8 Å². The number of nitrogens with one attached hydrogen (secondary N) is 1. The summed E-state index contributed by atoms with van der Waals surface area (Å²) >= 11 is 1.48. The van der Waals surface area contributed by atoms with Gasteiger partial charge in [0.25, 0.3) is 0 Å². The van der Waals surface area contributed by atoms with Crippen molar-refractivity contribution in [2.75, 3.05) is 6.61 Å². The Balaban J connectivity index is 2.05. The number of alkyl carbamates (subject to hydrolysis) is 1. The van der Waals surface area contributed by atoms with Crippen molar-refractivity contribution in [2.24, 2.45) is 0 Å². The van der Waals surface area contributed by atoms with Gasteiger partial charge in [0.15, 0.2) is 0 Å². The summed E-state index contributed by atoms with van der Waals surface area (Å²) in [4.78, 5) is 16.8. The molecule has 1 aromatic heterocycles. The van der Waals surface area contributed by atoms with Gasteiger partial charge in [-0.15, -0.1) is 11.3 Å². The third-order valence-electron chi connectivity index (χ3n) is 3.54. The topological polar surface area (TPSA) is 51.2 Å². The van der Waals surface area contributed by atoms with E-state index < -0.39 is 12.1 Å². The summed E-state index contributed by atoms with van der Waals surface area (Å²) in [5, 5.41) is 2.65. The maximum atomic E-state index is 14.4. The fourth-order valence-corrected chi connectivity index (χ4v) is 3.01. The molecule has 23 heavy (non-hydrogen) atoms. The quantitative estimate of drug-likeness (QED) is 0.768. The van der Waals surface area contributed by atoms with E-state index in [1.807, 2.05) is 19.9 Å². The van der Waals surface area contributed by atoms with Crippen molar-refractivity contribution in [3.8, 4) is 10.4 Å². The molecule has 0 spiro atoms. The number of thiazole rings is 1. The number of unbranched alkanes of at least 4 members (excludes halogenated alkanes) is 1. The molecule has 1 N–H and O–H groups in total.